The molecule has 0 spiro atoms. The van der Waals surface area contributed by atoms with E-state index in [1.54, 1.807) is 11.5 Å². The fraction of sp³-hybridized carbons (Fsp3) is 0.111. The van der Waals surface area contributed by atoms with E-state index in [2.05, 4.69) is 15.6 Å². The summed E-state index contributed by atoms with van der Waals surface area (Å²) in [5.41, 5.74) is 3.93. The maximum Gasteiger partial charge on any atom is 0.272 e. The lowest BCUT2D eigenvalue weighted by Gasteiger charge is -2.24. The van der Waals surface area contributed by atoms with Gasteiger partial charge >= 0.3 is 0 Å². The zero-order valence-corrected chi connectivity index (χ0v) is 21.0. The first-order valence-corrected chi connectivity index (χ1v) is 13.0. The van der Waals surface area contributed by atoms with E-state index in [0.717, 1.165) is 10.4 Å². The zero-order chi connectivity index (χ0) is 25.0. The van der Waals surface area contributed by atoms with E-state index < -0.39 is 6.04 Å². The monoisotopic (exact) mass is 512 g/mol. The molecule has 4 aromatic rings. The first kappa shape index (κ1) is 22.4. The molecular weight excluding hydrogens is 492 g/mol. The molecule has 9 heteroatoms. The predicted octanol–water partition coefficient (Wildman–Crippen LogP) is 3.57. The number of aryl methyl sites for hydroxylation is 1. The van der Waals surface area contributed by atoms with Crippen LogP contribution < -0.4 is 25.5 Å². The summed E-state index contributed by atoms with van der Waals surface area (Å²) in [5.74, 6) is -0.631. The van der Waals surface area contributed by atoms with Crippen molar-refractivity contribution < 1.29 is 9.59 Å². The number of para-hydroxylation sites is 2. The van der Waals surface area contributed by atoms with Gasteiger partial charge in [0.1, 0.15) is 10.6 Å². The van der Waals surface area contributed by atoms with Crippen molar-refractivity contribution in [1.82, 2.24) is 4.57 Å². The molecular formula is C27H20N4O3S2. The van der Waals surface area contributed by atoms with Crippen molar-refractivity contribution in [2.24, 2.45) is 4.99 Å². The highest BCUT2D eigenvalue weighted by molar-refractivity contribution is 7.10. The standard InChI is InChI=1S/C27H20N4O3S2/c1-14-8-3-5-10-17(14)29-24(32)20-15(2)28-27-31(22(20)19-12-7-13-35-19)26(34)23(36-27)21-16-9-4-6-11-18(16)30-25(21)33/h3-13,22H,1-2H3,(H,29,32)(H,30,33)/b23-21-/t22-/m1/s1. The summed E-state index contributed by atoms with van der Waals surface area (Å²) in [4.78, 5) is 46.4. The lowest BCUT2D eigenvalue weighted by atomic mass is 10.0. The van der Waals surface area contributed by atoms with Crippen LogP contribution in [-0.4, -0.2) is 16.4 Å². The Kier molecular flexibility index (Phi) is 5.31. The van der Waals surface area contributed by atoms with E-state index in [4.69, 9.17) is 0 Å². The molecule has 7 nitrogen and oxygen atoms in total. The predicted molar refractivity (Wildman–Crippen MR) is 142 cm³/mol. The fourth-order valence-corrected chi connectivity index (χ4v) is 6.59. The SMILES string of the molecule is CC1=C(C(=O)Nc2ccccc2C)[C@@H](c2cccs2)n2c(s/c(=C3\C(=O)Nc4ccccc43)c2=O)=N1. The normalized spacial score (nSPS) is 17.8. The Balaban J connectivity index is 1.56. The van der Waals surface area contributed by atoms with E-state index in [9.17, 15) is 14.4 Å². The average molecular weight is 513 g/mol. The fourth-order valence-electron chi connectivity index (χ4n) is 4.62. The van der Waals surface area contributed by atoms with Crippen molar-refractivity contribution in [1.29, 1.82) is 0 Å². The lowest BCUT2D eigenvalue weighted by molar-refractivity contribution is -0.113. The highest BCUT2D eigenvalue weighted by Crippen LogP contribution is 2.34. The number of hydrogen-bond donors (Lipinski definition) is 2. The van der Waals surface area contributed by atoms with Crippen LogP contribution in [0.15, 0.2) is 87.1 Å². The minimum atomic E-state index is -0.653. The van der Waals surface area contributed by atoms with Crippen molar-refractivity contribution in [3.05, 3.63) is 113 Å². The van der Waals surface area contributed by atoms with E-state index in [-0.39, 0.29) is 17.4 Å². The van der Waals surface area contributed by atoms with E-state index in [1.807, 2.05) is 73.0 Å². The summed E-state index contributed by atoms with van der Waals surface area (Å²) in [6.45, 7) is 3.71. The van der Waals surface area contributed by atoms with Crippen LogP contribution in [0.2, 0.25) is 0 Å². The van der Waals surface area contributed by atoms with Crippen LogP contribution in [0.1, 0.15) is 29.0 Å². The van der Waals surface area contributed by atoms with Crippen molar-refractivity contribution in [2.75, 3.05) is 10.6 Å². The highest BCUT2D eigenvalue weighted by Gasteiger charge is 2.35. The largest absolute Gasteiger partial charge is 0.322 e. The molecule has 0 saturated heterocycles. The maximum absolute atomic E-state index is 13.9. The van der Waals surface area contributed by atoms with Gasteiger partial charge in [-0.3, -0.25) is 19.0 Å². The molecule has 0 bridgehead atoms. The molecule has 2 aliphatic heterocycles. The topological polar surface area (TPSA) is 92.6 Å². The number of anilines is 2. The van der Waals surface area contributed by atoms with Crippen LogP contribution in [0.25, 0.3) is 5.57 Å². The molecule has 6 rings (SSSR count). The Morgan fingerprint density at radius 3 is 2.58 bits per heavy atom. The Morgan fingerprint density at radius 2 is 1.81 bits per heavy atom. The molecule has 2 aromatic carbocycles. The zero-order valence-electron chi connectivity index (χ0n) is 19.4. The number of aromatic nitrogens is 1. The molecule has 2 amide bonds. The first-order valence-electron chi connectivity index (χ1n) is 11.3. The molecule has 0 radical (unpaired) electrons. The molecule has 2 N–H and O–H groups in total. The van der Waals surface area contributed by atoms with Gasteiger partial charge in [-0.25, -0.2) is 4.99 Å². The maximum atomic E-state index is 13.9. The Morgan fingerprint density at radius 1 is 1.03 bits per heavy atom. The van der Waals surface area contributed by atoms with Crippen LogP contribution in [0.4, 0.5) is 11.4 Å². The van der Waals surface area contributed by atoms with Gasteiger partial charge in [0.05, 0.1) is 16.8 Å². The average Bonchev–Trinajstić information content (AvgIpc) is 3.57. The van der Waals surface area contributed by atoms with Crippen molar-refractivity contribution in [3.63, 3.8) is 0 Å². The van der Waals surface area contributed by atoms with Gasteiger partial charge in [0, 0.05) is 21.8 Å². The third-order valence-electron chi connectivity index (χ3n) is 6.35. The summed E-state index contributed by atoms with van der Waals surface area (Å²) in [5, 5.41) is 7.76. The number of amides is 2. The summed E-state index contributed by atoms with van der Waals surface area (Å²) in [7, 11) is 0. The second kappa shape index (κ2) is 8.54. The van der Waals surface area contributed by atoms with Gasteiger partial charge in [0.2, 0.25) is 0 Å². The number of thiazole rings is 1. The second-order valence-electron chi connectivity index (χ2n) is 8.56. The number of allylic oxidation sites excluding steroid dienone is 1. The minimum Gasteiger partial charge on any atom is -0.322 e. The minimum absolute atomic E-state index is 0.311. The van der Waals surface area contributed by atoms with Crippen LogP contribution in [0, 0.1) is 6.92 Å². The number of carbonyl (C=O) groups is 2. The van der Waals surface area contributed by atoms with Crippen LogP contribution >= 0.6 is 22.7 Å². The van der Waals surface area contributed by atoms with E-state index >= 15 is 0 Å². The van der Waals surface area contributed by atoms with Crippen molar-refractivity contribution >= 4 is 51.4 Å². The Hall–Kier alpha value is -4.08. The molecule has 4 heterocycles. The van der Waals surface area contributed by atoms with Gasteiger partial charge < -0.3 is 10.6 Å². The molecule has 0 fully saturated rings. The van der Waals surface area contributed by atoms with Crippen LogP contribution in [0.3, 0.4) is 0 Å². The molecule has 36 heavy (non-hydrogen) atoms. The van der Waals surface area contributed by atoms with Gasteiger partial charge in [0.15, 0.2) is 4.80 Å². The highest BCUT2D eigenvalue weighted by atomic mass is 32.1. The number of benzene rings is 2. The van der Waals surface area contributed by atoms with E-state index in [0.29, 0.717) is 43.1 Å². The molecule has 178 valence electrons. The van der Waals surface area contributed by atoms with Gasteiger partial charge in [-0.1, -0.05) is 53.8 Å². The number of nitrogens with zero attached hydrogens (tertiary/aromatic N) is 2. The third kappa shape index (κ3) is 3.47. The molecule has 0 aliphatic carbocycles. The number of hydrogen-bond acceptors (Lipinski definition) is 6. The second-order valence-corrected chi connectivity index (χ2v) is 10.5. The van der Waals surface area contributed by atoms with E-state index in [1.165, 1.54) is 22.7 Å². The molecule has 2 aliphatic rings. The smallest absolute Gasteiger partial charge is 0.272 e. The lowest BCUT2D eigenvalue weighted by Crippen LogP contribution is -2.41. The Labute approximate surface area is 213 Å². The molecule has 0 unspecified atom stereocenters. The quantitative estimate of drug-likeness (QED) is 0.440. The molecule has 1 atom stereocenters. The number of fused-ring (bicyclic) bond motifs is 2. The van der Waals surface area contributed by atoms with Gasteiger partial charge in [-0.2, -0.15) is 0 Å². The van der Waals surface area contributed by atoms with Crippen LogP contribution in [0.5, 0.6) is 0 Å². The molecule has 2 aromatic heterocycles. The molecule has 0 saturated carbocycles. The number of thiophene rings is 1. The summed E-state index contributed by atoms with van der Waals surface area (Å²) in [6, 6.07) is 18.0. The number of carbonyl (C=O) groups excluding carboxylic acids is 2. The van der Waals surface area contributed by atoms with Gasteiger partial charge in [-0.15, -0.1) is 11.3 Å². The summed E-state index contributed by atoms with van der Waals surface area (Å²) >= 11 is 2.64. The summed E-state index contributed by atoms with van der Waals surface area (Å²) in [6.07, 6.45) is 0. The van der Waals surface area contributed by atoms with Gasteiger partial charge in [-0.05, 0) is 43.0 Å². The van der Waals surface area contributed by atoms with Crippen LogP contribution in [-0.2, 0) is 9.59 Å². The van der Waals surface area contributed by atoms with Gasteiger partial charge in [0.25, 0.3) is 17.4 Å². The van der Waals surface area contributed by atoms with Crippen molar-refractivity contribution in [2.45, 2.75) is 19.9 Å². The summed E-state index contributed by atoms with van der Waals surface area (Å²) < 4.78 is 1.86. The Bertz CT molecular complexity index is 1780. The van der Waals surface area contributed by atoms with Crippen molar-refractivity contribution in [3.8, 4) is 0 Å². The number of nitrogens with one attached hydrogen (secondary N) is 2. The number of rotatable bonds is 3. The third-order valence-corrected chi connectivity index (χ3v) is 8.32. The first-order chi connectivity index (χ1) is 17.4.